The van der Waals surface area contributed by atoms with E-state index in [4.69, 9.17) is 0 Å². The average molecular weight is 572 g/mol. The molecule has 0 amide bonds. The predicted octanol–water partition coefficient (Wildman–Crippen LogP) is 3.23. The predicted molar refractivity (Wildman–Crippen MR) is 145 cm³/mol. The van der Waals surface area contributed by atoms with E-state index >= 15 is 0 Å². The van der Waals surface area contributed by atoms with E-state index < -0.39 is 0 Å². The molecule has 1 aliphatic rings. The molecule has 7 nitrogen and oxygen atoms in total. The summed E-state index contributed by atoms with van der Waals surface area (Å²) in [5.41, 5.74) is 5.11. The van der Waals surface area contributed by atoms with Crippen LogP contribution in [0.4, 0.5) is 10.1 Å². The van der Waals surface area contributed by atoms with Crippen molar-refractivity contribution in [2.24, 2.45) is 12.0 Å². The number of anilines is 1. The van der Waals surface area contributed by atoms with Gasteiger partial charge in [0, 0.05) is 58.6 Å². The van der Waals surface area contributed by atoms with Gasteiger partial charge in [0.05, 0.1) is 11.4 Å². The van der Waals surface area contributed by atoms with E-state index in [0.717, 1.165) is 50.4 Å². The lowest BCUT2D eigenvalue weighted by molar-refractivity contribution is 0.270. The van der Waals surface area contributed by atoms with E-state index in [1.807, 2.05) is 30.8 Å². The molecule has 1 aromatic heterocycles. The fraction of sp³-hybridized carbons (Fsp3) is 0.583. The van der Waals surface area contributed by atoms with Gasteiger partial charge in [-0.2, -0.15) is 5.10 Å². The van der Waals surface area contributed by atoms with Gasteiger partial charge < -0.3 is 20.4 Å². The molecule has 0 spiro atoms. The number of rotatable bonds is 7. The van der Waals surface area contributed by atoms with Crippen molar-refractivity contribution in [1.82, 2.24) is 25.3 Å². The number of hydrogen-bond donors (Lipinski definition) is 2. The Morgan fingerprint density at radius 2 is 1.91 bits per heavy atom. The molecule has 1 fully saturated rings. The molecule has 2 heterocycles. The van der Waals surface area contributed by atoms with Gasteiger partial charge in [0.25, 0.3) is 0 Å². The van der Waals surface area contributed by atoms with Crippen LogP contribution in [0.15, 0.2) is 23.2 Å². The third-order valence-electron chi connectivity index (χ3n) is 6.41. The highest BCUT2D eigenvalue weighted by Crippen LogP contribution is 2.22. The third kappa shape index (κ3) is 7.05. The maximum atomic E-state index is 14.8. The number of guanidine groups is 1. The topological polar surface area (TPSA) is 60.7 Å². The number of aryl methyl sites for hydroxylation is 2. The minimum atomic E-state index is -0.159. The Bertz CT molecular complexity index is 935. The maximum Gasteiger partial charge on any atom is 0.191 e. The summed E-state index contributed by atoms with van der Waals surface area (Å²) in [5.74, 6) is 0.546. The number of nitrogens with one attached hydrogen (secondary N) is 2. The summed E-state index contributed by atoms with van der Waals surface area (Å²) in [6, 6.07) is 5.72. The number of halogens is 2. The van der Waals surface area contributed by atoms with Gasteiger partial charge in [0.15, 0.2) is 5.96 Å². The van der Waals surface area contributed by atoms with Gasteiger partial charge in [-0.3, -0.25) is 9.67 Å². The van der Waals surface area contributed by atoms with Crippen molar-refractivity contribution in [2.75, 3.05) is 44.7 Å². The number of nitrogens with zero attached hydrogens (tertiary/aromatic N) is 5. The molecule has 3 rings (SSSR count). The molecular formula is C24H39FIN7. The van der Waals surface area contributed by atoms with Crippen LogP contribution >= 0.6 is 24.0 Å². The van der Waals surface area contributed by atoms with Crippen LogP contribution in [0.5, 0.6) is 0 Å². The van der Waals surface area contributed by atoms with Crippen molar-refractivity contribution in [3.05, 3.63) is 46.5 Å². The van der Waals surface area contributed by atoms with Crippen molar-refractivity contribution in [3.8, 4) is 0 Å². The molecular weight excluding hydrogens is 532 g/mol. The second kappa shape index (κ2) is 12.5. The molecule has 9 heteroatoms. The molecule has 1 aromatic carbocycles. The normalized spacial score (nSPS) is 15.8. The first-order valence-corrected chi connectivity index (χ1v) is 11.5. The second-order valence-electron chi connectivity index (χ2n) is 8.66. The van der Waals surface area contributed by atoms with Gasteiger partial charge >= 0.3 is 0 Å². The van der Waals surface area contributed by atoms with E-state index in [2.05, 4.69) is 51.3 Å². The average Bonchev–Trinajstić information content (AvgIpc) is 3.02. The maximum absolute atomic E-state index is 14.8. The highest BCUT2D eigenvalue weighted by atomic mass is 127. The lowest BCUT2D eigenvalue weighted by atomic mass is 10.1. The van der Waals surface area contributed by atoms with Gasteiger partial charge in [-0.1, -0.05) is 13.0 Å². The molecule has 0 bridgehead atoms. The van der Waals surface area contributed by atoms with Crippen LogP contribution in [0, 0.1) is 19.7 Å². The van der Waals surface area contributed by atoms with E-state index in [0.29, 0.717) is 18.2 Å². The van der Waals surface area contributed by atoms with Crippen molar-refractivity contribution >= 4 is 35.6 Å². The lowest BCUT2D eigenvalue weighted by Crippen LogP contribution is -2.46. The van der Waals surface area contributed by atoms with Gasteiger partial charge in [-0.05, 0) is 57.0 Å². The van der Waals surface area contributed by atoms with E-state index in [1.54, 1.807) is 13.1 Å². The number of benzene rings is 1. The summed E-state index contributed by atoms with van der Waals surface area (Å²) in [6.45, 7) is 13.7. The van der Waals surface area contributed by atoms with E-state index in [-0.39, 0.29) is 35.8 Å². The quantitative estimate of drug-likeness (QED) is 0.304. The molecule has 184 valence electrons. The Kier molecular flexibility index (Phi) is 10.4. The molecule has 33 heavy (non-hydrogen) atoms. The fourth-order valence-electron chi connectivity index (χ4n) is 4.31. The van der Waals surface area contributed by atoms with Crippen LogP contribution in [-0.2, 0) is 20.0 Å². The summed E-state index contributed by atoms with van der Waals surface area (Å²) in [4.78, 5) is 8.86. The van der Waals surface area contributed by atoms with Crippen LogP contribution in [-0.4, -0.2) is 66.5 Å². The smallest absolute Gasteiger partial charge is 0.191 e. The Hall–Kier alpha value is -1.88. The number of aromatic nitrogens is 2. The SMILES string of the molecule is CCN1CCN(c2ccc(CNC(=NC)NC(C)Cc3c(C)nn(C)c3C)cc2F)CC1.I. The summed E-state index contributed by atoms with van der Waals surface area (Å²) >= 11 is 0. The molecule has 1 aliphatic heterocycles. The minimum absolute atomic E-state index is 0. The van der Waals surface area contributed by atoms with Crippen LogP contribution in [0.2, 0.25) is 0 Å². The minimum Gasteiger partial charge on any atom is -0.367 e. The van der Waals surface area contributed by atoms with Crippen molar-refractivity contribution in [1.29, 1.82) is 0 Å². The monoisotopic (exact) mass is 571 g/mol. The highest BCUT2D eigenvalue weighted by Gasteiger charge is 2.19. The van der Waals surface area contributed by atoms with E-state index in [1.165, 1.54) is 11.3 Å². The summed E-state index contributed by atoms with van der Waals surface area (Å²) in [7, 11) is 3.72. The zero-order valence-corrected chi connectivity index (χ0v) is 23.1. The second-order valence-corrected chi connectivity index (χ2v) is 8.66. The third-order valence-corrected chi connectivity index (χ3v) is 6.41. The molecule has 2 N–H and O–H groups in total. The molecule has 0 aliphatic carbocycles. The largest absolute Gasteiger partial charge is 0.367 e. The number of hydrogen-bond acceptors (Lipinski definition) is 4. The van der Waals surface area contributed by atoms with Crippen molar-refractivity contribution in [2.45, 2.75) is 46.7 Å². The summed E-state index contributed by atoms with van der Waals surface area (Å²) in [6.07, 6.45) is 0.862. The molecule has 2 aromatic rings. The number of likely N-dealkylation sites (N-methyl/N-ethyl adjacent to an activating group) is 1. The molecule has 1 atom stereocenters. The first-order chi connectivity index (χ1) is 15.3. The Morgan fingerprint density at radius 3 is 2.45 bits per heavy atom. The van der Waals surface area contributed by atoms with Gasteiger partial charge in [-0.25, -0.2) is 4.39 Å². The zero-order valence-electron chi connectivity index (χ0n) is 20.8. The molecule has 1 saturated heterocycles. The Labute approximate surface area is 214 Å². The molecule has 1 unspecified atom stereocenters. The molecule has 0 saturated carbocycles. The number of aliphatic imine (C=N–C) groups is 1. The Balaban J connectivity index is 0.00000385. The summed E-state index contributed by atoms with van der Waals surface area (Å²) < 4.78 is 16.7. The van der Waals surface area contributed by atoms with Crippen molar-refractivity contribution < 1.29 is 4.39 Å². The van der Waals surface area contributed by atoms with Crippen LogP contribution in [0.3, 0.4) is 0 Å². The van der Waals surface area contributed by atoms with E-state index in [9.17, 15) is 4.39 Å². The zero-order chi connectivity index (χ0) is 23.3. The van der Waals surface area contributed by atoms with Gasteiger partial charge in [0.1, 0.15) is 5.82 Å². The Morgan fingerprint density at radius 1 is 1.21 bits per heavy atom. The standard InChI is InChI=1S/C24H38FN7.HI/c1-7-31-10-12-32(13-11-31)23-9-8-20(15-22(23)25)16-27-24(26-5)28-17(2)14-21-18(3)29-30(6)19(21)4;/h8-9,15,17H,7,10-14,16H2,1-6H3,(H2,26,27,28);1H. The first kappa shape index (κ1) is 27.4. The first-order valence-electron chi connectivity index (χ1n) is 11.5. The van der Waals surface area contributed by atoms with Gasteiger partial charge in [0.2, 0.25) is 0 Å². The van der Waals surface area contributed by atoms with Crippen LogP contribution in [0.1, 0.15) is 36.4 Å². The van der Waals surface area contributed by atoms with Crippen LogP contribution in [0.25, 0.3) is 0 Å². The molecule has 0 radical (unpaired) electrons. The number of piperazine rings is 1. The van der Waals surface area contributed by atoms with Gasteiger partial charge in [-0.15, -0.1) is 24.0 Å². The fourth-order valence-corrected chi connectivity index (χ4v) is 4.31. The van der Waals surface area contributed by atoms with Crippen LogP contribution < -0.4 is 15.5 Å². The van der Waals surface area contributed by atoms with Crippen molar-refractivity contribution in [3.63, 3.8) is 0 Å². The highest BCUT2D eigenvalue weighted by molar-refractivity contribution is 14.0. The summed E-state index contributed by atoms with van der Waals surface area (Å²) in [5, 5.41) is 11.2. The lowest BCUT2D eigenvalue weighted by Gasteiger charge is -2.35.